The third kappa shape index (κ3) is 40.2. The number of likely N-dealkylation sites (N-methyl/N-ethyl adjacent to an activating group) is 1. The van der Waals surface area contributed by atoms with Gasteiger partial charge in [0, 0.05) is 12.8 Å². The molecule has 0 aliphatic heterocycles. The average Bonchev–Trinajstić information content (AvgIpc) is 3.12. The zero-order chi connectivity index (χ0) is 40.0. The Morgan fingerprint density at radius 2 is 0.944 bits per heavy atom. The Labute approximate surface area is 332 Å². The van der Waals surface area contributed by atoms with E-state index in [9.17, 15) is 19.0 Å². The Morgan fingerprint density at radius 1 is 0.556 bits per heavy atom. The normalized spacial score (nSPS) is 13.8. The molecule has 0 saturated heterocycles. The highest BCUT2D eigenvalue weighted by Crippen LogP contribution is 2.43. The summed E-state index contributed by atoms with van der Waals surface area (Å²) in [6, 6.07) is 0. The summed E-state index contributed by atoms with van der Waals surface area (Å²) < 4.78 is 34.2. The van der Waals surface area contributed by atoms with E-state index in [1.54, 1.807) is 0 Å². The molecule has 0 aliphatic rings. The summed E-state index contributed by atoms with van der Waals surface area (Å²) in [5.41, 5.74) is 0. The summed E-state index contributed by atoms with van der Waals surface area (Å²) >= 11 is 0. The van der Waals surface area contributed by atoms with Crippen molar-refractivity contribution in [3.63, 3.8) is 0 Å². The van der Waals surface area contributed by atoms with Crippen molar-refractivity contribution >= 4 is 19.8 Å². The van der Waals surface area contributed by atoms with Gasteiger partial charge in [0.05, 0.1) is 27.7 Å². The minimum Gasteiger partial charge on any atom is -0.462 e. The second kappa shape index (κ2) is 37.1. The monoisotopic (exact) mass is 787 g/mol. The number of quaternary nitrogens is 1. The summed E-state index contributed by atoms with van der Waals surface area (Å²) in [5, 5.41) is 0. The number of phosphoric acid groups is 1. The molecule has 0 aromatic carbocycles. The van der Waals surface area contributed by atoms with E-state index >= 15 is 0 Å². The highest BCUT2D eigenvalue weighted by atomic mass is 31.2. The number of carbonyl (C=O) groups is 2. The van der Waals surface area contributed by atoms with E-state index in [1.165, 1.54) is 116 Å². The Morgan fingerprint density at radius 3 is 1.37 bits per heavy atom. The first-order valence-electron chi connectivity index (χ1n) is 22.1. The van der Waals surface area contributed by atoms with Crippen LogP contribution in [0.1, 0.15) is 194 Å². The van der Waals surface area contributed by atoms with Gasteiger partial charge in [-0.3, -0.25) is 18.6 Å². The van der Waals surface area contributed by atoms with Crippen molar-refractivity contribution in [2.24, 2.45) is 0 Å². The molecular weight excluding hydrogens is 701 g/mol. The van der Waals surface area contributed by atoms with Crippen LogP contribution in [0.25, 0.3) is 0 Å². The van der Waals surface area contributed by atoms with E-state index in [2.05, 4.69) is 38.2 Å². The van der Waals surface area contributed by atoms with E-state index in [0.29, 0.717) is 23.9 Å². The highest BCUT2D eigenvalue weighted by molar-refractivity contribution is 7.47. The fourth-order valence-electron chi connectivity index (χ4n) is 5.94. The molecule has 0 aliphatic carbocycles. The fourth-order valence-corrected chi connectivity index (χ4v) is 6.69. The van der Waals surface area contributed by atoms with E-state index < -0.39 is 32.5 Å². The van der Waals surface area contributed by atoms with Crippen molar-refractivity contribution in [2.45, 2.75) is 200 Å². The maximum absolute atomic E-state index is 12.7. The number of unbranched alkanes of at least 4 members (excludes halogenated alkanes) is 22. The van der Waals surface area contributed by atoms with Crippen LogP contribution in [0.4, 0.5) is 0 Å². The number of phosphoric ester groups is 1. The number of hydrogen-bond acceptors (Lipinski definition) is 7. The van der Waals surface area contributed by atoms with Gasteiger partial charge in [0.15, 0.2) is 6.10 Å². The summed E-state index contributed by atoms with van der Waals surface area (Å²) in [6.45, 7) is 4.38. The molecule has 0 bridgehead atoms. The van der Waals surface area contributed by atoms with Crippen LogP contribution < -0.4 is 0 Å². The van der Waals surface area contributed by atoms with Crippen LogP contribution in [0.3, 0.4) is 0 Å². The molecule has 0 heterocycles. The van der Waals surface area contributed by atoms with Crippen LogP contribution in [0.2, 0.25) is 0 Å². The number of carbonyl (C=O) groups excluding carboxylic acids is 2. The summed E-state index contributed by atoms with van der Waals surface area (Å²) in [6.07, 6.45) is 39.4. The molecule has 1 N–H and O–H groups in total. The molecule has 0 rings (SSSR count). The second-order valence-corrected chi connectivity index (χ2v) is 17.5. The van der Waals surface area contributed by atoms with Crippen LogP contribution in [-0.2, 0) is 32.7 Å². The van der Waals surface area contributed by atoms with Crippen molar-refractivity contribution < 1.29 is 42.1 Å². The maximum atomic E-state index is 12.7. The first-order chi connectivity index (χ1) is 26.0. The van der Waals surface area contributed by atoms with Gasteiger partial charge >= 0.3 is 19.8 Å². The van der Waals surface area contributed by atoms with Crippen LogP contribution in [0, 0.1) is 0 Å². The molecular formula is C44H85NO8P+. The second-order valence-electron chi connectivity index (χ2n) is 16.1. The standard InChI is InChI=1S/C44H84NO8P/c1-6-8-10-12-14-16-18-20-22-24-26-28-30-32-34-36-43(46)50-40-42(41-52-54(48,49)51-39-38-45(3,4)5)53-44(47)37-35-33-31-29-27-25-23-21-19-17-15-13-11-9-7-2/h26-29,42H,6-25,30-41H2,1-5H3/p+1/b28-26+,29-27+. The lowest BCUT2D eigenvalue weighted by Gasteiger charge is -2.24. The van der Waals surface area contributed by atoms with Crippen molar-refractivity contribution in [3.05, 3.63) is 24.3 Å². The molecule has 0 radical (unpaired) electrons. The SMILES string of the molecule is CCCCCCCCCCC/C=C/CCCCC(=O)OCC(COP(=O)(O)OCC[N+](C)(C)C)OC(=O)CCCC/C=C/CCCCCCCCCCC. The predicted octanol–water partition coefficient (Wildman–Crippen LogP) is 12.4. The molecule has 10 heteroatoms. The number of ether oxygens (including phenoxy) is 2. The molecule has 54 heavy (non-hydrogen) atoms. The molecule has 2 unspecified atom stereocenters. The van der Waals surface area contributed by atoms with Gasteiger partial charge in [0.25, 0.3) is 0 Å². The first-order valence-corrected chi connectivity index (χ1v) is 23.6. The maximum Gasteiger partial charge on any atom is 0.472 e. The number of allylic oxidation sites excluding steroid dienone is 4. The minimum absolute atomic E-state index is 0.0266. The zero-order valence-corrected chi connectivity index (χ0v) is 36.6. The minimum atomic E-state index is -4.38. The van der Waals surface area contributed by atoms with Crippen molar-refractivity contribution in [2.75, 3.05) is 47.5 Å². The number of esters is 2. The van der Waals surface area contributed by atoms with Gasteiger partial charge in [-0.05, 0) is 64.2 Å². The quantitative estimate of drug-likeness (QED) is 0.0215. The Kier molecular flexibility index (Phi) is 36.1. The first kappa shape index (κ1) is 52.5. The molecule has 2 atom stereocenters. The van der Waals surface area contributed by atoms with Gasteiger partial charge in [-0.15, -0.1) is 0 Å². The lowest BCUT2D eigenvalue weighted by molar-refractivity contribution is -0.870. The van der Waals surface area contributed by atoms with Crippen molar-refractivity contribution in [1.29, 1.82) is 0 Å². The molecule has 0 saturated carbocycles. The fraction of sp³-hybridized carbons (Fsp3) is 0.864. The molecule has 318 valence electrons. The Hall–Kier alpha value is -1.51. The Bertz CT molecular complexity index is 980. The molecule has 0 fully saturated rings. The summed E-state index contributed by atoms with van der Waals surface area (Å²) in [4.78, 5) is 35.3. The summed E-state index contributed by atoms with van der Waals surface area (Å²) in [7, 11) is 1.46. The smallest absolute Gasteiger partial charge is 0.462 e. The van der Waals surface area contributed by atoms with Gasteiger partial charge in [-0.1, -0.05) is 141 Å². The van der Waals surface area contributed by atoms with E-state index in [4.69, 9.17) is 18.5 Å². The molecule has 0 spiro atoms. The van der Waals surface area contributed by atoms with Crippen LogP contribution in [0.5, 0.6) is 0 Å². The van der Waals surface area contributed by atoms with Crippen molar-refractivity contribution in [1.82, 2.24) is 0 Å². The summed E-state index contributed by atoms with van der Waals surface area (Å²) in [5.74, 6) is -0.846. The molecule has 0 amide bonds. The third-order valence-electron chi connectivity index (χ3n) is 9.45. The Balaban J connectivity index is 4.41. The van der Waals surface area contributed by atoms with Gasteiger partial charge in [-0.25, -0.2) is 4.57 Å². The molecule has 0 aromatic heterocycles. The lowest BCUT2D eigenvalue weighted by Crippen LogP contribution is -2.37. The average molecular weight is 787 g/mol. The number of rotatable bonds is 40. The predicted molar refractivity (Wildman–Crippen MR) is 224 cm³/mol. The van der Waals surface area contributed by atoms with E-state index in [-0.39, 0.29) is 26.1 Å². The molecule has 0 aromatic rings. The lowest BCUT2D eigenvalue weighted by atomic mass is 10.1. The third-order valence-corrected chi connectivity index (χ3v) is 10.4. The number of nitrogens with zero attached hydrogens (tertiary/aromatic N) is 1. The molecule has 9 nitrogen and oxygen atoms in total. The van der Waals surface area contributed by atoms with Gasteiger partial charge in [0.1, 0.15) is 19.8 Å². The zero-order valence-electron chi connectivity index (χ0n) is 35.7. The topological polar surface area (TPSA) is 108 Å². The van der Waals surface area contributed by atoms with Gasteiger partial charge in [-0.2, -0.15) is 0 Å². The largest absolute Gasteiger partial charge is 0.472 e. The van der Waals surface area contributed by atoms with E-state index in [0.717, 1.165) is 38.5 Å². The van der Waals surface area contributed by atoms with Crippen LogP contribution in [-0.4, -0.2) is 74.9 Å². The van der Waals surface area contributed by atoms with Crippen molar-refractivity contribution in [3.8, 4) is 0 Å². The number of hydrogen-bond donors (Lipinski definition) is 1. The van der Waals surface area contributed by atoms with Crippen LogP contribution >= 0.6 is 7.82 Å². The van der Waals surface area contributed by atoms with Gasteiger partial charge < -0.3 is 18.9 Å². The van der Waals surface area contributed by atoms with Gasteiger partial charge in [0.2, 0.25) is 0 Å². The van der Waals surface area contributed by atoms with Crippen LogP contribution in [0.15, 0.2) is 24.3 Å². The highest BCUT2D eigenvalue weighted by Gasteiger charge is 2.27. The van der Waals surface area contributed by atoms with E-state index in [1.807, 2.05) is 21.1 Å².